The Kier molecular flexibility index (Phi) is 4.33. The van der Waals surface area contributed by atoms with Crippen molar-refractivity contribution >= 4 is 22.4 Å². The molecule has 0 aliphatic heterocycles. The summed E-state index contributed by atoms with van der Waals surface area (Å²) in [6, 6.07) is 0. The Balaban J connectivity index is 1.98. The summed E-state index contributed by atoms with van der Waals surface area (Å²) < 4.78 is 1.87. The van der Waals surface area contributed by atoms with Gasteiger partial charge in [0.05, 0.1) is 12.1 Å². The third-order valence-corrected chi connectivity index (χ3v) is 3.74. The molecule has 0 unspecified atom stereocenters. The molecule has 0 saturated heterocycles. The van der Waals surface area contributed by atoms with Gasteiger partial charge < -0.3 is 10.6 Å². The van der Waals surface area contributed by atoms with Crippen LogP contribution < -0.4 is 5.73 Å². The number of hydrogen-bond acceptors (Lipinski definition) is 6. The van der Waals surface area contributed by atoms with Gasteiger partial charge in [0.25, 0.3) is 0 Å². The second kappa shape index (κ2) is 6.00. The van der Waals surface area contributed by atoms with Crippen LogP contribution in [0.25, 0.3) is 0 Å². The number of carbonyl (C=O) groups is 1. The van der Waals surface area contributed by atoms with Crippen molar-refractivity contribution in [3.8, 4) is 0 Å². The number of rotatable bonds is 5. The van der Waals surface area contributed by atoms with Crippen LogP contribution in [-0.2, 0) is 24.3 Å². The molecule has 0 atom stereocenters. The van der Waals surface area contributed by atoms with Gasteiger partial charge in [0.2, 0.25) is 11.0 Å². The van der Waals surface area contributed by atoms with E-state index in [1.54, 1.807) is 11.9 Å². The predicted octanol–water partition coefficient (Wildman–Crippen LogP) is 0.846. The number of anilines is 1. The number of amides is 1. The second-order valence-electron chi connectivity index (χ2n) is 4.56. The van der Waals surface area contributed by atoms with Crippen molar-refractivity contribution in [1.82, 2.24) is 24.9 Å². The summed E-state index contributed by atoms with van der Waals surface area (Å²) in [5, 5.41) is 13.0. The summed E-state index contributed by atoms with van der Waals surface area (Å²) in [5.41, 5.74) is 7.51. The highest BCUT2D eigenvalue weighted by Gasteiger charge is 2.15. The lowest BCUT2D eigenvalue weighted by molar-refractivity contribution is -0.129. The fourth-order valence-corrected chi connectivity index (χ4v) is 2.42. The van der Waals surface area contributed by atoms with Crippen LogP contribution in [0, 0.1) is 6.92 Å². The molecule has 2 rings (SSSR count). The van der Waals surface area contributed by atoms with E-state index in [0.717, 1.165) is 17.8 Å². The maximum Gasteiger partial charge on any atom is 0.229 e. The van der Waals surface area contributed by atoms with Gasteiger partial charge in [-0.2, -0.15) is 5.10 Å². The quantitative estimate of drug-likeness (QED) is 0.882. The average Bonchev–Trinajstić information content (AvgIpc) is 2.96. The molecule has 0 fully saturated rings. The van der Waals surface area contributed by atoms with Crippen molar-refractivity contribution < 1.29 is 4.79 Å². The van der Waals surface area contributed by atoms with Crippen molar-refractivity contribution in [2.45, 2.75) is 33.4 Å². The van der Waals surface area contributed by atoms with Gasteiger partial charge in [0.15, 0.2) is 0 Å². The SMILES string of the molecule is CCn1cc(CN(C)C(=O)Cc2nnc(N)s2)c(C)n1. The van der Waals surface area contributed by atoms with Gasteiger partial charge in [-0.25, -0.2) is 0 Å². The Morgan fingerprint density at radius 3 is 2.80 bits per heavy atom. The van der Waals surface area contributed by atoms with Crippen molar-refractivity contribution in [2.75, 3.05) is 12.8 Å². The molecule has 0 aliphatic rings. The number of carbonyl (C=O) groups excluding carboxylic acids is 1. The number of likely N-dealkylation sites (N-methyl/N-ethyl adjacent to an activating group) is 1. The van der Waals surface area contributed by atoms with Crippen molar-refractivity contribution in [3.05, 3.63) is 22.5 Å². The van der Waals surface area contributed by atoms with Crippen molar-refractivity contribution in [1.29, 1.82) is 0 Å². The van der Waals surface area contributed by atoms with Gasteiger partial charge in [-0.3, -0.25) is 9.48 Å². The molecular weight excluding hydrogens is 276 g/mol. The Hall–Kier alpha value is -1.96. The second-order valence-corrected chi connectivity index (χ2v) is 5.65. The average molecular weight is 294 g/mol. The summed E-state index contributed by atoms with van der Waals surface area (Å²) in [6.45, 7) is 5.34. The first-order chi connectivity index (χ1) is 9.49. The smallest absolute Gasteiger partial charge is 0.229 e. The van der Waals surface area contributed by atoms with E-state index in [-0.39, 0.29) is 12.3 Å². The minimum Gasteiger partial charge on any atom is -0.374 e. The third-order valence-electron chi connectivity index (χ3n) is 2.99. The number of aryl methyl sites for hydroxylation is 2. The van der Waals surface area contributed by atoms with Gasteiger partial charge in [-0.1, -0.05) is 11.3 Å². The number of hydrogen-bond donors (Lipinski definition) is 1. The minimum atomic E-state index is -0.00945. The maximum absolute atomic E-state index is 12.1. The summed E-state index contributed by atoms with van der Waals surface area (Å²) in [6.07, 6.45) is 2.20. The fourth-order valence-electron chi connectivity index (χ4n) is 1.82. The Bertz CT molecular complexity index is 605. The minimum absolute atomic E-state index is 0.00945. The molecule has 0 radical (unpaired) electrons. The van der Waals surface area contributed by atoms with E-state index >= 15 is 0 Å². The number of nitrogens with zero attached hydrogens (tertiary/aromatic N) is 5. The zero-order valence-electron chi connectivity index (χ0n) is 11.8. The molecule has 2 heterocycles. The highest BCUT2D eigenvalue weighted by Crippen LogP contribution is 2.14. The van der Waals surface area contributed by atoms with Crippen molar-refractivity contribution in [3.63, 3.8) is 0 Å². The van der Waals surface area contributed by atoms with E-state index in [2.05, 4.69) is 15.3 Å². The van der Waals surface area contributed by atoms with Crippen LogP contribution in [0.3, 0.4) is 0 Å². The summed E-state index contributed by atoms with van der Waals surface area (Å²) in [7, 11) is 1.77. The number of aromatic nitrogens is 4. The molecular formula is C12H18N6OS. The van der Waals surface area contributed by atoms with Crippen LogP contribution in [0.2, 0.25) is 0 Å². The lowest BCUT2D eigenvalue weighted by Crippen LogP contribution is -2.27. The lowest BCUT2D eigenvalue weighted by Gasteiger charge is -2.15. The van der Waals surface area contributed by atoms with E-state index in [9.17, 15) is 4.79 Å². The molecule has 108 valence electrons. The van der Waals surface area contributed by atoms with Crippen molar-refractivity contribution in [2.24, 2.45) is 0 Å². The Morgan fingerprint density at radius 2 is 2.25 bits per heavy atom. The van der Waals surface area contributed by atoms with E-state index in [0.29, 0.717) is 16.7 Å². The molecule has 0 bridgehead atoms. The van der Waals surface area contributed by atoms with Gasteiger partial charge in [0.1, 0.15) is 5.01 Å². The van der Waals surface area contributed by atoms with Crippen LogP contribution in [0.5, 0.6) is 0 Å². The van der Waals surface area contributed by atoms with Crippen LogP contribution in [0.1, 0.15) is 23.2 Å². The summed E-state index contributed by atoms with van der Waals surface area (Å²) in [4.78, 5) is 13.8. The molecule has 2 N–H and O–H groups in total. The molecule has 0 aromatic carbocycles. The summed E-state index contributed by atoms with van der Waals surface area (Å²) in [5.74, 6) is -0.00945. The number of nitrogens with two attached hydrogens (primary N) is 1. The van der Waals surface area contributed by atoms with Gasteiger partial charge >= 0.3 is 0 Å². The summed E-state index contributed by atoms with van der Waals surface area (Å²) >= 11 is 1.24. The monoisotopic (exact) mass is 294 g/mol. The van der Waals surface area contributed by atoms with E-state index in [1.807, 2.05) is 24.7 Å². The molecule has 20 heavy (non-hydrogen) atoms. The molecule has 0 aliphatic carbocycles. The molecule has 2 aromatic rings. The van der Waals surface area contributed by atoms with Crippen LogP contribution >= 0.6 is 11.3 Å². The van der Waals surface area contributed by atoms with Crippen LogP contribution in [0.15, 0.2) is 6.20 Å². The zero-order chi connectivity index (χ0) is 14.7. The zero-order valence-corrected chi connectivity index (χ0v) is 12.6. The molecule has 2 aromatic heterocycles. The first kappa shape index (κ1) is 14.4. The topological polar surface area (TPSA) is 89.9 Å². The van der Waals surface area contributed by atoms with Gasteiger partial charge in [-0.05, 0) is 13.8 Å². The molecule has 0 spiro atoms. The third kappa shape index (κ3) is 3.32. The Morgan fingerprint density at radius 1 is 1.50 bits per heavy atom. The molecule has 0 saturated carbocycles. The normalized spacial score (nSPS) is 10.8. The first-order valence-corrected chi connectivity index (χ1v) is 7.16. The van der Waals surface area contributed by atoms with E-state index < -0.39 is 0 Å². The van der Waals surface area contributed by atoms with E-state index in [4.69, 9.17) is 5.73 Å². The highest BCUT2D eigenvalue weighted by molar-refractivity contribution is 7.15. The van der Waals surface area contributed by atoms with Crippen LogP contribution in [-0.4, -0.2) is 37.8 Å². The van der Waals surface area contributed by atoms with Crippen LogP contribution in [0.4, 0.5) is 5.13 Å². The lowest BCUT2D eigenvalue weighted by atomic mass is 10.2. The maximum atomic E-state index is 12.1. The number of nitrogen functional groups attached to an aromatic ring is 1. The fraction of sp³-hybridized carbons (Fsp3) is 0.500. The largest absolute Gasteiger partial charge is 0.374 e. The molecule has 7 nitrogen and oxygen atoms in total. The molecule has 8 heteroatoms. The predicted molar refractivity (Wildman–Crippen MR) is 77.1 cm³/mol. The molecule has 1 amide bonds. The standard InChI is InChI=1S/C12H18N6OS/c1-4-18-7-9(8(2)16-18)6-17(3)11(19)5-10-14-15-12(13)20-10/h7H,4-6H2,1-3H3,(H2,13,15). The Labute approximate surface area is 121 Å². The van der Waals surface area contributed by atoms with Gasteiger partial charge in [-0.15, -0.1) is 10.2 Å². The highest BCUT2D eigenvalue weighted by atomic mass is 32.1. The first-order valence-electron chi connectivity index (χ1n) is 6.34. The van der Waals surface area contributed by atoms with E-state index in [1.165, 1.54) is 11.3 Å². The van der Waals surface area contributed by atoms with Gasteiger partial charge in [0, 0.05) is 31.9 Å².